The monoisotopic (exact) mass is 262 g/mol. The zero-order valence-corrected chi connectivity index (χ0v) is 9.94. The van der Waals surface area contributed by atoms with Crippen molar-refractivity contribution in [3.63, 3.8) is 0 Å². The molecule has 0 saturated carbocycles. The van der Waals surface area contributed by atoms with E-state index in [0.717, 1.165) is 6.07 Å². The maximum Gasteiger partial charge on any atom is 0.341 e. The van der Waals surface area contributed by atoms with E-state index in [-0.39, 0.29) is 29.3 Å². The van der Waals surface area contributed by atoms with Crippen LogP contribution in [0.4, 0.5) is 4.39 Å². The number of carboxylic acids is 1. The Morgan fingerprint density at radius 1 is 1.63 bits per heavy atom. The van der Waals surface area contributed by atoms with Gasteiger partial charge in [0.2, 0.25) is 5.43 Å². The number of nitrogens with zero attached hydrogens (tertiary/aromatic N) is 1. The van der Waals surface area contributed by atoms with E-state index in [1.807, 2.05) is 6.92 Å². The molecule has 1 atom stereocenters. The summed E-state index contributed by atoms with van der Waals surface area (Å²) in [5, 5.41) is 9.04. The van der Waals surface area contributed by atoms with E-state index in [1.165, 1.54) is 6.20 Å². The molecule has 1 aromatic carbocycles. The lowest BCUT2D eigenvalue weighted by Crippen LogP contribution is -2.26. The van der Waals surface area contributed by atoms with E-state index in [2.05, 4.69) is 6.07 Å². The number of hydrogen-bond acceptors (Lipinski definition) is 3. The fourth-order valence-corrected chi connectivity index (χ4v) is 2.25. The van der Waals surface area contributed by atoms with E-state index < -0.39 is 17.2 Å². The van der Waals surface area contributed by atoms with E-state index in [4.69, 9.17) is 9.84 Å². The van der Waals surface area contributed by atoms with Gasteiger partial charge in [-0.1, -0.05) is 0 Å². The second kappa shape index (κ2) is 3.81. The Kier molecular flexibility index (Phi) is 2.35. The Bertz CT molecular complexity index is 765. The smallest absolute Gasteiger partial charge is 0.341 e. The zero-order chi connectivity index (χ0) is 13.7. The molecule has 0 amide bonds. The SMILES string of the molecule is C[C@H]1COc2[c]c(F)cc3c(=O)c(C(=O)O)cn1c23. The zero-order valence-electron chi connectivity index (χ0n) is 9.94. The molecule has 5 nitrogen and oxygen atoms in total. The van der Waals surface area contributed by atoms with Crippen LogP contribution < -0.4 is 10.2 Å². The summed E-state index contributed by atoms with van der Waals surface area (Å²) in [7, 11) is 0. The van der Waals surface area contributed by atoms with E-state index >= 15 is 0 Å². The summed E-state index contributed by atoms with van der Waals surface area (Å²) in [4.78, 5) is 23.1. The molecule has 1 aliphatic heterocycles. The van der Waals surface area contributed by atoms with Crippen LogP contribution in [0.3, 0.4) is 0 Å². The summed E-state index contributed by atoms with van der Waals surface area (Å²) in [6.07, 6.45) is 1.27. The molecule has 97 valence electrons. The molecule has 1 N–H and O–H groups in total. The average Bonchev–Trinajstić information content (AvgIpc) is 2.35. The number of hydrogen-bond donors (Lipinski definition) is 1. The lowest BCUT2D eigenvalue weighted by molar-refractivity contribution is 0.0694. The first-order chi connectivity index (χ1) is 8.99. The summed E-state index contributed by atoms with van der Waals surface area (Å²) < 4.78 is 20.4. The van der Waals surface area contributed by atoms with Gasteiger partial charge in [0.25, 0.3) is 0 Å². The Morgan fingerprint density at radius 3 is 3.05 bits per heavy atom. The van der Waals surface area contributed by atoms with Gasteiger partial charge >= 0.3 is 5.97 Å². The van der Waals surface area contributed by atoms with Crippen molar-refractivity contribution in [2.45, 2.75) is 13.0 Å². The van der Waals surface area contributed by atoms with Crippen LogP contribution in [0.5, 0.6) is 5.75 Å². The molecule has 2 aromatic rings. The van der Waals surface area contributed by atoms with Gasteiger partial charge in [0.05, 0.1) is 23.0 Å². The molecule has 0 bridgehead atoms. The molecule has 0 saturated heterocycles. The van der Waals surface area contributed by atoms with Crippen LogP contribution in [0.2, 0.25) is 0 Å². The van der Waals surface area contributed by atoms with Crippen molar-refractivity contribution in [2.24, 2.45) is 0 Å². The molecular formula is C13H9FNO4. The van der Waals surface area contributed by atoms with Gasteiger partial charge in [0, 0.05) is 6.20 Å². The highest BCUT2D eigenvalue weighted by Gasteiger charge is 2.24. The van der Waals surface area contributed by atoms with Gasteiger partial charge < -0.3 is 14.4 Å². The number of pyridine rings is 1. The second-order valence-electron chi connectivity index (χ2n) is 4.45. The summed E-state index contributed by atoms with van der Waals surface area (Å²) in [6, 6.07) is 3.24. The summed E-state index contributed by atoms with van der Waals surface area (Å²) in [5.74, 6) is -1.94. The molecule has 19 heavy (non-hydrogen) atoms. The Balaban J connectivity index is 2.53. The molecule has 1 aromatic heterocycles. The lowest BCUT2D eigenvalue weighted by Gasteiger charge is -2.26. The number of rotatable bonds is 1. The average molecular weight is 262 g/mol. The first kappa shape index (κ1) is 11.7. The summed E-state index contributed by atoms with van der Waals surface area (Å²) >= 11 is 0. The fraction of sp³-hybridized carbons (Fsp3) is 0.231. The van der Waals surface area contributed by atoms with E-state index in [1.54, 1.807) is 4.57 Å². The largest absolute Gasteiger partial charge is 0.488 e. The van der Waals surface area contributed by atoms with Gasteiger partial charge in [0.15, 0.2) is 5.75 Å². The molecule has 1 aliphatic rings. The van der Waals surface area contributed by atoms with Gasteiger partial charge in [-0.25, -0.2) is 9.18 Å². The highest BCUT2D eigenvalue weighted by Crippen LogP contribution is 2.31. The van der Waals surface area contributed by atoms with Crippen LogP contribution in [-0.2, 0) is 0 Å². The van der Waals surface area contributed by atoms with Crippen molar-refractivity contribution < 1.29 is 19.0 Å². The third-order valence-electron chi connectivity index (χ3n) is 3.16. The third kappa shape index (κ3) is 1.60. The van der Waals surface area contributed by atoms with Crippen molar-refractivity contribution in [2.75, 3.05) is 6.61 Å². The first-order valence-corrected chi connectivity index (χ1v) is 5.66. The fourth-order valence-electron chi connectivity index (χ4n) is 2.25. The maximum atomic E-state index is 13.4. The van der Waals surface area contributed by atoms with E-state index in [9.17, 15) is 14.0 Å². The number of carboxylic acid groups (broad SMARTS) is 1. The predicted molar refractivity (Wildman–Crippen MR) is 64.2 cm³/mol. The van der Waals surface area contributed by atoms with Crippen LogP contribution in [0, 0.1) is 11.9 Å². The summed E-state index contributed by atoms with van der Waals surface area (Å²) in [5.41, 5.74) is -0.710. The normalized spacial score (nSPS) is 17.3. The minimum atomic E-state index is -1.33. The predicted octanol–water partition coefficient (Wildman–Crippen LogP) is 1.59. The highest BCUT2D eigenvalue weighted by molar-refractivity contribution is 5.94. The minimum Gasteiger partial charge on any atom is -0.488 e. The van der Waals surface area contributed by atoms with Crippen molar-refractivity contribution >= 4 is 16.9 Å². The van der Waals surface area contributed by atoms with Crippen LogP contribution in [-0.4, -0.2) is 22.2 Å². The molecule has 0 unspecified atom stereocenters. The molecule has 6 heteroatoms. The van der Waals surface area contributed by atoms with Crippen molar-refractivity contribution in [3.8, 4) is 5.75 Å². The molecule has 3 rings (SSSR count). The van der Waals surface area contributed by atoms with Crippen LogP contribution >= 0.6 is 0 Å². The number of aromatic carboxylic acids is 1. The van der Waals surface area contributed by atoms with Gasteiger partial charge in [-0.05, 0) is 13.0 Å². The number of ether oxygens (including phenoxy) is 1. The molecule has 0 fully saturated rings. The minimum absolute atomic E-state index is 0.00213. The lowest BCUT2D eigenvalue weighted by atomic mass is 10.1. The van der Waals surface area contributed by atoms with Gasteiger partial charge in [-0.15, -0.1) is 0 Å². The quantitative estimate of drug-likeness (QED) is 0.847. The number of benzene rings is 1. The molecule has 1 radical (unpaired) electrons. The number of aromatic nitrogens is 1. The molecule has 2 heterocycles. The summed E-state index contributed by atoms with van der Waals surface area (Å²) in [6.45, 7) is 2.09. The Morgan fingerprint density at radius 2 is 2.37 bits per heavy atom. The molecule has 0 spiro atoms. The van der Waals surface area contributed by atoms with Crippen LogP contribution in [0.15, 0.2) is 17.1 Å². The van der Waals surface area contributed by atoms with Crippen LogP contribution in [0.25, 0.3) is 10.9 Å². The Hall–Kier alpha value is -2.37. The highest BCUT2D eigenvalue weighted by atomic mass is 19.1. The Labute approximate surface area is 106 Å². The first-order valence-electron chi connectivity index (χ1n) is 5.66. The number of carbonyl (C=O) groups is 1. The van der Waals surface area contributed by atoms with Crippen molar-refractivity contribution in [1.82, 2.24) is 4.57 Å². The third-order valence-corrected chi connectivity index (χ3v) is 3.16. The molecular weight excluding hydrogens is 253 g/mol. The number of halogens is 1. The topological polar surface area (TPSA) is 68.5 Å². The van der Waals surface area contributed by atoms with Crippen molar-refractivity contribution in [3.05, 3.63) is 39.9 Å². The van der Waals surface area contributed by atoms with Crippen molar-refractivity contribution in [1.29, 1.82) is 0 Å². The maximum absolute atomic E-state index is 13.4. The second-order valence-corrected chi connectivity index (χ2v) is 4.45. The van der Waals surface area contributed by atoms with Gasteiger partial charge in [0.1, 0.15) is 18.0 Å². The van der Waals surface area contributed by atoms with Crippen LogP contribution in [0.1, 0.15) is 23.3 Å². The standard InChI is InChI=1S/C13H9FNO4/c1-6-5-19-10-3-7(14)2-8-11(10)15(6)4-9(12(8)16)13(17)18/h2,4,6H,5H2,1H3,(H,17,18)/t6-/m0/s1. The van der Waals surface area contributed by atoms with Gasteiger partial charge in [-0.2, -0.15) is 0 Å². The van der Waals surface area contributed by atoms with Gasteiger partial charge in [-0.3, -0.25) is 4.79 Å². The molecule has 0 aliphatic carbocycles. The van der Waals surface area contributed by atoms with E-state index in [0.29, 0.717) is 5.52 Å².